The van der Waals surface area contributed by atoms with E-state index >= 15 is 0 Å². The van der Waals surface area contributed by atoms with E-state index in [2.05, 4.69) is 40.9 Å². The van der Waals surface area contributed by atoms with Crippen LogP contribution in [0.5, 0.6) is 0 Å². The van der Waals surface area contributed by atoms with Crippen molar-refractivity contribution in [2.75, 3.05) is 51.7 Å². The van der Waals surface area contributed by atoms with Gasteiger partial charge in [0, 0.05) is 98.6 Å². The highest BCUT2D eigenvalue weighted by molar-refractivity contribution is 7.89. The number of benzene rings is 5. The summed E-state index contributed by atoms with van der Waals surface area (Å²) in [5.41, 5.74) is 5.45. The highest BCUT2D eigenvalue weighted by Gasteiger charge is 2.45. The lowest BCUT2D eigenvalue weighted by Crippen LogP contribution is -2.52. The van der Waals surface area contributed by atoms with E-state index in [0.29, 0.717) is 68.4 Å². The van der Waals surface area contributed by atoms with Gasteiger partial charge in [0.15, 0.2) is 11.6 Å². The topological polar surface area (TPSA) is 116 Å². The SMILES string of the molecule is Cc1cccc(C2[C@@H](C(=O)c3ccccc3)CN(CCNC(=O)CCCCCNS(=O)(=O)c3cccc4c(N(C)C)cccc34)C[C@@H]2C(=O)c2ccccc2)c1C. The van der Waals surface area contributed by atoms with Crippen molar-refractivity contribution >= 4 is 44.0 Å². The molecule has 1 fully saturated rings. The Hall–Kier alpha value is -5.16. The Labute approximate surface area is 337 Å². The van der Waals surface area contributed by atoms with Crippen LogP contribution in [0.25, 0.3) is 10.8 Å². The van der Waals surface area contributed by atoms with E-state index in [9.17, 15) is 22.8 Å². The van der Waals surface area contributed by atoms with Crippen molar-refractivity contribution in [1.29, 1.82) is 0 Å². The Morgan fingerprint density at radius 3 is 1.91 bits per heavy atom. The van der Waals surface area contributed by atoms with Crippen LogP contribution in [-0.2, 0) is 14.8 Å². The molecular weight excluding hydrogens is 733 g/mol. The molecule has 57 heavy (non-hydrogen) atoms. The molecule has 1 aliphatic heterocycles. The van der Waals surface area contributed by atoms with E-state index in [-0.39, 0.29) is 34.8 Å². The second-order valence-electron chi connectivity index (χ2n) is 15.3. The third kappa shape index (κ3) is 9.87. The summed E-state index contributed by atoms with van der Waals surface area (Å²) >= 11 is 0. The molecule has 298 valence electrons. The summed E-state index contributed by atoms with van der Waals surface area (Å²) in [6.45, 7) is 6.22. The number of anilines is 1. The van der Waals surface area contributed by atoms with Crippen LogP contribution in [0.4, 0.5) is 5.69 Å². The van der Waals surface area contributed by atoms with Crippen molar-refractivity contribution in [2.24, 2.45) is 11.8 Å². The van der Waals surface area contributed by atoms with Crippen molar-refractivity contribution in [2.45, 2.75) is 50.3 Å². The maximum Gasteiger partial charge on any atom is 0.241 e. The number of likely N-dealkylation sites (tertiary alicyclic amines) is 1. The maximum absolute atomic E-state index is 14.4. The molecule has 1 aliphatic rings. The van der Waals surface area contributed by atoms with Crippen molar-refractivity contribution in [3.05, 3.63) is 143 Å². The van der Waals surface area contributed by atoms with Gasteiger partial charge < -0.3 is 15.1 Å². The molecule has 5 aromatic carbocycles. The second-order valence-corrected chi connectivity index (χ2v) is 17.1. The van der Waals surface area contributed by atoms with Gasteiger partial charge in [-0.25, -0.2) is 13.1 Å². The number of carbonyl (C=O) groups excluding carboxylic acids is 3. The first-order valence-electron chi connectivity index (χ1n) is 19.9. The molecule has 1 amide bonds. The summed E-state index contributed by atoms with van der Waals surface area (Å²) in [4.78, 5) is 46.0. The van der Waals surface area contributed by atoms with Crippen LogP contribution in [-0.4, -0.2) is 77.6 Å². The summed E-state index contributed by atoms with van der Waals surface area (Å²) in [5.74, 6) is -1.31. The largest absolute Gasteiger partial charge is 0.377 e. The fourth-order valence-corrected chi connectivity index (χ4v) is 9.51. The van der Waals surface area contributed by atoms with E-state index in [1.165, 1.54) is 0 Å². The lowest BCUT2D eigenvalue weighted by atomic mass is 9.67. The van der Waals surface area contributed by atoms with Crippen LogP contribution >= 0.6 is 0 Å². The highest BCUT2D eigenvalue weighted by atomic mass is 32.2. The Balaban J connectivity index is 1.06. The minimum atomic E-state index is -3.72. The summed E-state index contributed by atoms with van der Waals surface area (Å²) in [7, 11) is 0.141. The molecule has 0 aromatic heterocycles. The molecule has 1 heterocycles. The number of hydrogen-bond donors (Lipinski definition) is 2. The first-order valence-corrected chi connectivity index (χ1v) is 21.4. The number of fused-ring (bicyclic) bond motifs is 1. The van der Waals surface area contributed by atoms with Gasteiger partial charge in [0.25, 0.3) is 0 Å². The fraction of sp³-hybridized carbons (Fsp3) is 0.340. The summed E-state index contributed by atoms with van der Waals surface area (Å²) < 4.78 is 29.3. The van der Waals surface area contributed by atoms with Crippen molar-refractivity contribution < 1.29 is 22.8 Å². The third-order valence-electron chi connectivity index (χ3n) is 11.3. The molecule has 2 N–H and O–H groups in total. The molecule has 0 saturated carbocycles. The third-order valence-corrected chi connectivity index (χ3v) is 12.8. The average Bonchev–Trinajstić information content (AvgIpc) is 3.22. The molecule has 5 aromatic rings. The predicted molar refractivity (Wildman–Crippen MR) is 229 cm³/mol. The molecule has 10 heteroatoms. The summed E-state index contributed by atoms with van der Waals surface area (Å²) in [6, 6.07) is 35.8. The quantitative estimate of drug-likeness (QED) is 0.0738. The molecule has 9 nitrogen and oxygen atoms in total. The van der Waals surface area contributed by atoms with Crippen LogP contribution in [0.2, 0.25) is 0 Å². The minimum absolute atomic E-state index is 0.0129. The lowest BCUT2D eigenvalue weighted by molar-refractivity contribution is -0.121. The van der Waals surface area contributed by atoms with Crippen LogP contribution in [0, 0.1) is 25.7 Å². The molecular formula is C47H54N4O5S. The number of amides is 1. The molecule has 0 radical (unpaired) electrons. The Kier molecular flexibility index (Phi) is 13.7. The highest BCUT2D eigenvalue weighted by Crippen LogP contribution is 2.42. The number of hydrogen-bond acceptors (Lipinski definition) is 7. The van der Waals surface area contributed by atoms with Gasteiger partial charge >= 0.3 is 0 Å². The minimum Gasteiger partial charge on any atom is -0.377 e. The first-order chi connectivity index (χ1) is 27.5. The maximum atomic E-state index is 14.4. The average molecular weight is 787 g/mol. The van der Waals surface area contributed by atoms with Crippen LogP contribution in [0.3, 0.4) is 0 Å². The number of piperidine rings is 1. The van der Waals surface area contributed by atoms with Crippen LogP contribution in [0.1, 0.15) is 69.0 Å². The molecule has 0 spiro atoms. The van der Waals surface area contributed by atoms with Gasteiger partial charge in [-0.2, -0.15) is 0 Å². The number of aryl methyl sites for hydroxylation is 1. The Morgan fingerprint density at radius 1 is 0.684 bits per heavy atom. The molecule has 0 aliphatic carbocycles. The number of carbonyl (C=O) groups is 3. The Morgan fingerprint density at radius 2 is 1.28 bits per heavy atom. The molecule has 0 bridgehead atoms. The Bertz CT molecular complexity index is 2230. The van der Waals surface area contributed by atoms with Gasteiger partial charge in [-0.15, -0.1) is 0 Å². The zero-order chi connectivity index (χ0) is 40.5. The standard InChI is InChI=1S/C47H54N4O5S/c1-33-17-14-22-37(34(33)2)45-40(46(53)35-18-8-5-9-19-35)31-51(32-41(45)47(54)36-20-10-6-11-21-36)30-29-48-44(52)27-12-7-13-28-49-57(55,56)43-26-16-23-38-39(43)24-15-25-42(38)50(3)4/h5-6,8-11,14-26,40-41,45,49H,7,12-13,27-32H2,1-4H3,(H,48,52)/t40-,41-/m0/s1. The monoisotopic (exact) mass is 786 g/mol. The number of nitrogens with zero attached hydrogens (tertiary/aromatic N) is 2. The van der Waals surface area contributed by atoms with Gasteiger partial charge in [0.2, 0.25) is 15.9 Å². The van der Waals surface area contributed by atoms with E-state index in [4.69, 9.17) is 0 Å². The molecule has 0 unspecified atom stereocenters. The molecule has 6 rings (SSSR count). The molecule has 1 saturated heterocycles. The van der Waals surface area contributed by atoms with Gasteiger partial charge in [-0.1, -0.05) is 110 Å². The van der Waals surface area contributed by atoms with E-state index in [1.807, 2.05) is 110 Å². The van der Waals surface area contributed by atoms with Gasteiger partial charge in [0.05, 0.1) is 4.90 Å². The van der Waals surface area contributed by atoms with Crippen molar-refractivity contribution in [1.82, 2.24) is 14.9 Å². The van der Waals surface area contributed by atoms with E-state index < -0.39 is 21.9 Å². The van der Waals surface area contributed by atoms with Crippen LogP contribution in [0.15, 0.2) is 120 Å². The fourth-order valence-electron chi connectivity index (χ4n) is 8.22. The normalized spacial score (nSPS) is 16.4. The molecule has 2 atom stereocenters. The lowest BCUT2D eigenvalue weighted by Gasteiger charge is -2.43. The predicted octanol–water partition coefficient (Wildman–Crippen LogP) is 7.58. The smallest absolute Gasteiger partial charge is 0.241 e. The number of Topliss-reactive ketones (excluding diaryl/α,β-unsaturated/α-hetero) is 2. The van der Waals surface area contributed by atoms with E-state index in [1.54, 1.807) is 12.1 Å². The van der Waals surface area contributed by atoms with Gasteiger partial charge in [0.1, 0.15) is 0 Å². The number of sulfonamides is 1. The number of ketones is 2. The van der Waals surface area contributed by atoms with E-state index in [0.717, 1.165) is 27.8 Å². The van der Waals surface area contributed by atoms with Crippen molar-refractivity contribution in [3.63, 3.8) is 0 Å². The van der Waals surface area contributed by atoms with Crippen LogP contribution < -0.4 is 14.9 Å². The summed E-state index contributed by atoms with van der Waals surface area (Å²) in [6.07, 6.45) is 2.23. The van der Waals surface area contributed by atoms with Gasteiger partial charge in [-0.05, 0) is 55.5 Å². The van der Waals surface area contributed by atoms with Gasteiger partial charge in [-0.3, -0.25) is 14.4 Å². The van der Waals surface area contributed by atoms with Crippen molar-refractivity contribution in [3.8, 4) is 0 Å². The number of nitrogens with one attached hydrogen (secondary N) is 2. The number of rotatable bonds is 17. The number of unbranched alkanes of at least 4 members (excludes halogenated alkanes) is 2. The first kappa shape index (κ1) is 41.5. The zero-order valence-corrected chi connectivity index (χ0v) is 34.2. The second kappa shape index (κ2) is 18.9. The zero-order valence-electron chi connectivity index (χ0n) is 33.4. The summed E-state index contributed by atoms with van der Waals surface area (Å²) in [5, 5.41) is 4.59.